The van der Waals surface area contributed by atoms with Gasteiger partial charge >= 0.3 is 0 Å². The number of aliphatic hydroxyl groups excluding tert-OH is 1. The van der Waals surface area contributed by atoms with Crippen LogP contribution in [0.5, 0.6) is 0 Å². The minimum Gasteiger partial charge on any atom is -0.370 e. The number of likely N-dealkylation sites (N-methyl/N-ethyl adjacent to an activating group) is 1. The van der Waals surface area contributed by atoms with Gasteiger partial charge in [-0.15, -0.1) is 0 Å². The number of nitrogens with one attached hydrogen (secondary N) is 1. The number of halogens is 2. The van der Waals surface area contributed by atoms with Crippen molar-refractivity contribution in [2.75, 3.05) is 11.9 Å². The molecule has 3 rings (SSSR count). The van der Waals surface area contributed by atoms with Crippen molar-refractivity contribution < 1.29 is 14.3 Å². The minimum absolute atomic E-state index is 0.341. The summed E-state index contributed by atoms with van der Waals surface area (Å²) in [6.07, 6.45) is -1.43. The Morgan fingerprint density at radius 1 is 1.23 bits per heavy atom. The highest BCUT2D eigenvalue weighted by atomic mass is 35.5. The molecule has 4 nitrogen and oxygen atoms in total. The fourth-order valence-corrected chi connectivity index (χ4v) is 2.83. The van der Waals surface area contributed by atoms with E-state index in [-0.39, 0.29) is 0 Å². The van der Waals surface area contributed by atoms with Crippen LogP contribution in [0.4, 0.5) is 10.1 Å². The largest absolute Gasteiger partial charge is 0.370 e. The zero-order valence-electron chi connectivity index (χ0n) is 11.8. The Morgan fingerprint density at radius 2 is 1.95 bits per heavy atom. The van der Waals surface area contributed by atoms with Crippen LogP contribution in [-0.4, -0.2) is 24.3 Å². The summed E-state index contributed by atoms with van der Waals surface area (Å²) in [5.41, 5.74) is 1.55. The number of amides is 1. The lowest BCUT2D eigenvalue weighted by Crippen LogP contribution is -2.43. The van der Waals surface area contributed by atoms with Gasteiger partial charge in [0.2, 0.25) is 0 Å². The number of anilines is 1. The van der Waals surface area contributed by atoms with Crippen molar-refractivity contribution in [1.29, 1.82) is 0 Å². The van der Waals surface area contributed by atoms with E-state index in [9.17, 15) is 14.3 Å². The van der Waals surface area contributed by atoms with Gasteiger partial charge in [-0.25, -0.2) is 4.39 Å². The molecular weight excluding hydrogens is 307 g/mol. The second-order valence-corrected chi connectivity index (χ2v) is 5.56. The van der Waals surface area contributed by atoms with Gasteiger partial charge in [0.25, 0.3) is 5.91 Å². The molecule has 0 saturated heterocycles. The van der Waals surface area contributed by atoms with E-state index in [2.05, 4.69) is 5.32 Å². The molecule has 6 heteroatoms. The summed E-state index contributed by atoms with van der Waals surface area (Å²) in [4.78, 5) is 13.5. The van der Waals surface area contributed by atoms with E-state index in [0.717, 1.165) is 0 Å². The molecule has 1 aliphatic heterocycles. The minimum atomic E-state index is -1.43. The Hall–Kier alpha value is -1.95. The predicted molar refractivity (Wildman–Crippen MR) is 82.2 cm³/mol. The highest BCUT2D eigenvalue weighted by molar-refractivity contribution is 6.30. The first-order valence-corrected chi connectivity index (χ1v) is 7.12. The molecule has 0 aliphatic carbocycles. The fourth-order valence-electron chi connectivity index (χ4n) is 2.65. The van der Waals surface area contributed by atoms with Crippen LogP contribution in [0.15, 0.2) is 42.5 Å². The van der Waals surface area contributed by atoms with Crippen LogP contribution in [0, 0.1) is 5.82 Å². The highest BCUT2D eigenvalue weighted by Gasteiger charge is 2.33. The highest BCUT2D eigenvalue weighted by Crippen LogP contribution is 2.36. The number of fused-ring (bicyclic) bond motifs is 1. The van der Waals surface area contributed by atoms with Gasteiger partial charge in [0.05, 0.1) is 6.04 Å². The smallest absolute Gasteiger partial charge is 0.270 e. The predicted octanol–water partition coefficient (Wildman–Crippen LogP) is 2.45. The molecule has 2 atom stereocenters. The van der Waals surface area contributed by atoms with E-state index in [0.29, 0.717) is 21.8 Å². The third kappa shape index (κ3) is 2.47. The van der Waals surface area contributed by atoms with E-state index in [1.165, 1.54) is 11.0 Å². The van der Waals surface area contributed by atoms with E-state index >= 15 is 0 Å². The summed E-state index contributed by atoms with van der Waals surface area (Å²) in [5, 5.41) is 13.3. The number of carbonyl (C=O) groups excluding carboxylic acids is 1. The van der Waals surface area contributed by atoms with E-state index in [1.807, 2.05) is 0 Å². The Kier molecular flexibility index (Phi) is 3.87. The molecule has 2 unspecified atom stereocenters. The maximum Gasteiger partial charge on any atom is 0.270 e. The molecule has 114 valence electrons. The van der Waals surface area contributed by atoms with Gasteiger partial charge in [0.1, 0.15) is 5.82 Å². The van der Waals surface area contributed by atoms with Crippen LogP contribution >= 0.6 is 11.6 Å². The van der Waals surface area contributed by atoms with E-state index in [4.69, 9.17) is 11.6 Å². The fraction of sp³-hybridized carbons (Fsp3) is 0.188. The second kappa shape index (κ2) is 5.68. The Bertz CT molecular complexity index is 738. The maximum absolute atomic E-state index is 14.2. The van der Waals surface area contributed by atoms with Gasteiger partial charge in [-0.1, -0.05) is 29.8 Å². The van der Waals surface area contributed by atoms with Crippen LogP contribution in [0.1, 0.15) is 17.2 Å². The summed E-state index contributed by atoms with van der Waals surface area (Å²) >= 11 is 6.06. The van der Waals surface area contributed by atoms with Crippen molar-refractivity contribution in [3.63, 3.8) is 0 Å². The quantitative estimate of drug-likeness (QED) is 0.848. The summed E-state index contributed by atoms with van der Waals surface area (Å²) < 4.78 is 14.2. The van der Waals surface area contributed by atoms with Crippen LogP contribution in [0.3, 0.4) is 0 Å². The average molecular weight is 321 g/mol. The molecule has 1 aliphatic rings. The molecule has 2 aromatic rings. The van der Waals surface area contributed by atoms with Crippen molar-refractivity contribution >= 4 is 23.2 Å². The summed E-state index contributed by atoms with van der Waals surface area (Å²) in [7, 11) is 1.56. The number of aliphatic hydroxyl groups is 1. The topological polar surface area (TPSA) is 52.6 Å². The molecule has 0 bridgehead atoms. The SMILES string of the molecule is CN1C(=O)C(O)NC(c2ccccc2F)c2cc(Cl)ccc21. The van der Waals surface area contributed by atoms with Crippen molar-refractivity contribution in [3.05, 3.63) is 64.4 Å². The number of hydrogen-bond acceptors (Lipinski definition) is 3. The monoisotopic (exact) mass is 320 g/mol. The van der Waals surface area contributed by atoms with Crippen molar-refractivity contribution in [2.24, 2.45) is 0 Å². The van der Waals surface area contributed by atoms with E-state index in [1.54, 1.807) is 43.4 Å². The second-order valence-electron chi connectivity index (χ2n) is 5.12. The average Bonchev–Trinajstić information content (AvgIpc) is 2.59. The third-order valence-corrected chi connectivity index (χ3v) is 4.00. The lowest BCUT2D eigenvalue weighted by molar-refractivity contribution is -0.127. The van der Waals surface area contributed by atoms with Crippen molar-refractivity contribution in [1.82, 2.24) is 5.32 Å². The number of nitrogens with zero attached hydrogens (tertiary/aromatic N) is 1. The van der Waals surface area contributed by atoms with Gasteiger partial charge in [0, 0.05) is 23.3 Å². The molecule has 0 radical (unpaired) electrons. The number of carbonyl (C=O) groups is 1. The standard InChI is InChI=1S/C16H14ClFN2O2/c1-20-13-7-6-9(17)8-11(13)14(19-15(21)16(20)22)10-4-2-3-5-12(10)18/h2-8,14-15,19,21H,1H3. The summed E-state index contributed by atoms with van der Waals surface area (Å²) in [5.74, 6) is -0.933. The third-order valence-electron chi connectivity index (χ3n) is 3.77. The lowest BCUT2D eigenvalue weighted by Gasteiger charge is -2.21. The lowest BCUT2D eigenvalue weighted by atomic mass is 9.96. The number of rotatable bonds is 1. The zero-order chi connectivity index (χ0) is 15.9. The molecule has 0 fully saturated rings. The zero-order valence-corrected chi connectivity index (χ0v) is 12.5. The van der Waals surface area contributed by atoms with Crippen LogP contribution in [0.2, 0.25) is 5.02 Å². The Balaban J connectivity index is 2.22. The number of benzene rings is 2. The first-order chi connectivity index (χ1) is 10.5. The van der Waals surface area contributed by atoms with Gasteiger partial charge in [0.15, 0.2) is 6.23 Å². The van der Waals surface area contributed by atoms with Gasteiger partial charge in [-0.2, -0.15) is 0 Å². The first kappa shape index (κ1) is 15.0. The molecule has 2 N–H and O–H groups in total. The number of hydrogen-bond donors (Lipinski definition) is 2. The molecule has 22 heavy (non-hydrogen) atoms. The van der Waals surface area contributed by atoms with Crippen molar-refractivity contribution in [2.45, 2.75) is 12.3 Å². The first-order valence-electron chi connectivity index (χ1n) is 6.74. The van der Waals surface area contributed by atoms with Crippen molar-refractivity contribution in [3.8, 4) is 0 Å². The maximum atomic E-state index is 14.2. The van der Waals surface area contributed by atoms with Gasteiger partial charge in [-0.05, 0) is 29.8 Å². The normalized spacial score (nSPS) is 21.5. The Labute approximate surface area is 132 Å². The molecule has 0 aromatic heterocycles. The molecule has 1 amide bonds. The van der Waals surface area contributed by atoms with Crippen LogP contribution in [0.25, 0.3) is 0 Å². The summed E-state index contributed by atoms with van der Waals surface area (Å²) in [6, 6.07) is 10.6. The van der Waals surface area contributed by atoms with Gasteiger partial charge in [-0.3, -0.25) is 10.1 Å². The van der Waals surface area contributed by atoms with Gasteiger partial charge < -0.3 is 10.0 Å². The van der Waals surface area contributed by atoms with E-state index < -0.39 is 24.0 Å². The van der Waals surface area contributed by atoms with Crippen LogP contribution in [-0.2, 0) is 4.79 Å². The van der Waals surface area contributed by atoms with Crippen LogP contribution < -0.4 is 10.2 Å². The molecule has 0 spiro atoms. The molecule has 1 heterocycles. The molecule has 0 saturated carbocycles. The molecular formula is C16H14ClFN2O2. The Morgan fingerprint density at radius 3 is 2.68 bits per heavy atom. The molecule has 2 aromatic carbocycles. The summed E-state index contributed by atoms with van der Waals surface area (Å²) in [6.45, 7) is 0.